The topological polar surface area (TPSA) is 237 Å². The van der Waals surface area contributed by atoms with Crippen LogP contribution in [0.2, 0.25) is 0 Å². The summed E-state index contributed by atoms with van der Waals surface area (Å²) in [7, 11) is -9.95. The van der Waals surface area contributed by atoms with Crippen molar-refractivity contribution >= 4 is 39.5 Å². The first-order valence-corrected chi connectivity index (χ1v) is 42.2. The zero-order valence-electron chi connectivity index (χ0n) is 62.2. The molecule has 98 heavy (non-hydrogen) atoms. The van der Waals surface area contributed by atoms with Crippen LogP contribution in [0.5, 0.6) is 0 Å². The molecule has 0 aromatic rings. The lowest BCUT2D eigenvalue weighted by molar-refractivity contribution is -0.161. The van der Waals surface area contributed by atoms with Crippen LogP contribution in [0.3, 0.4) is 0 Å². The van der Waals surface area contributed by atoms with Crippen molar-refractivity contribution in [2.45, 2.75) is 367 Å². The second-order valence-corrected chi connectivity index (χ2v) is 29.2. The van der Waals surface area contributed by atoms with Gasteiger partial charge < -0.3 is 33.8 Å². The third kappa shape index (κ3) is 70.9. The fourth-order valence-corrected chi connectivity index (χ4v) is 12.2. The molecule has 0 spiro atoms. The fourth-order valence-electron chi connectivity index (χ4n) is 10.6. The van der Waals surface area contributed by atoms with Gasteiger partial charge in [0.25, 0.3) is 0 Å². The van der Waals surface area contributed by atoms with Gasteiger partial charge in [-0.15, -0.1) is 0 Å². The number of esters is 4. The number of hydrogen-bond acceptors (Lipinski definition) is 15. The Hall–Kier alpha value is -3.50. The summed E-state index contributed by atoms with van der Waals surface area (Å²) in [5, 5.41) is 10.6. The first-order chi connectivity index (χ1) is 47.7. The number of allylic oxidation sites excluding steroid dienone is 12. The Morgan fingerprint density at radius 3 is 0.847 bits per heavy atom. The summed E-state index contributed by atoms with van der Waals surface area (Å²) in [6, 6.07) is 0. The number of hydrogen-bond donors (Lipinski definition) is 3. The number of carbonyl (C=O) groups excluding carboxylic acids is 4. The molecule has 0 saturated heterocycles. The molecule has 0 bridgehead atoms. The van der Waals surface area contributed by atoms with E-state index in [0.717, 1.165) is 154 Å². The van der Waals surface area contributed by atoms with Crippen LogP contribution in [0.25, 0.3) is 0 Å². The van der Waals surface area contributed by atoms with Gasteiger partial charge in [0.15, 0.2) is 12.2 Å². The molecule has 0 aliphatic carbocycles. The van der Waals surface area contributed by atoms with E-state index in [2.05, 4.69) is 101 Å². The Labute approximate surface area is 596 Å². The van der Waals surface area contributed by atoms with Gasteiger partial charge in [0, 0.05) is 25.7 Å². The number of carbonyl (C=O) groups is 4. The quantitative estimate of drug-likeness (QED) is 0.0128. The van der Waals surface area contributed by atoms with Crippen molar-refractivity contribution in [2.75, 3.05) is 39.6 Å². The standard InChI is InChI=1S/C79H142O17P2/c1-5-9-13-17-21-25-29-33-36-40-43-47-51-55-59-63-76(81)89-69-74(95-78(83)65-61-57-53-49-45-39-32-28-24-20-16-12-8-4)71-93-97(85,86)91-67-73(80)68-92-98(87,88)94-72-75(96-79(84)66-62-58-54-50-46-42-38-35-31-27-23-19-15-11-7-3)70-90-77(82)64-60-56-52-48-44-41-37-34-30-26-22-18-14-10-6-2/h21,23,25-27,30,33-38,73-75,80H,5-20,22,24,28-29,31-32,39-72H2,1-4H3,(H,85,86)(H,87,88)/b25-21-,27-23-,30-26-,36-33-,37-34-,38-35-/t73-,74-,75-/m1/s1. The Balaban J connectivity index is 5.36. The first-order valence-electron chi connectivity index (χ1n) is 39.2. The molecule has 570 valence electrons. The second kappa shape index (κ2) is 71.9. The maximum atomic E-state index is 13.1. The molecule has 0 amide bonds. The number of phosphoric ester groups is 2. The van der Waals surface area contributed by atoms with Gasteiger partial charge in [0.2, 0.25) is 0 Å². The predicted octanol–water partition coefficient (Wildman–Crippen LogP) is 22.4. The smallest absolute Gasteiger partial charge is 0.462 e. The van der Waals surface area contributed by atoms with Gasteiger partial charge in [-0.1, -0.05) is 280 Å². The van der Waals surface area contributed by atoms with E-state index < -0.39 is 97.5 Å². The number of rotatable bonds is 74. The zero-order valence-corrected chi connectivity index (χ0v) is 64.0. The average Bonchev–Trinajstić information content (AvgIpc) is 0.959. The Kier molecular flexibility index (Phi) is 69.3. The van der Waals surface area contributed by atoms with E-state index in [-0.39, 0.29) is 25.7 Å². The van der Waals surface area contributed by atoms with E-state index >= 15 is 0 Å². The van der Waals surface area contributed by atoms with Crippen LogP contribution >= 0.6 is 15.6 Å². The van der Waals surface area contributed by atoms with Gasteiger partial charge in [-0.25, -0.2) is 9.13 Å². The summed E-state index contributed by atoms with van der Waals surface area (Å²) in [5.74, 6) is -2.20. The van der Waals surface area contributed by atoms with Crippen molar-refractivity contribution in [3.8, 4) is 0 Å². The highest BCUT2D eigenvalue weighted by Crippen LogP contribution is 2.45. The van der Waals surface area contributed by atoms with Crippen LogP contribution < -0.4 is 0 Å². The van der Waals surface area contributed by atoms with Crippen LogP contribution in [-0.2, 0) is 65.4 Å². The van der Waals surface area contributed by atoms with E-state index in [9.17, 15) is 43.2 Å². The van der Waals surface area contributed by atoms with Gasteiger partial charge in [-0.05, 0) is 116 Å². The molecule has 0 fully saturated rings. The molecule has 0 heterocycles. The van der Waals surface area contributed by atoms with Crippen LogP contribution in [0, 0.1) is 0 Å². The molecule has 0 aliphatic rings. The SMILES string of the molecule is CCCCC/C=C\C/C=C\CCCCCCCC(=O)OC[C@H](COP(=O)(O)OC[C@@H](O)COP(=O)(O)OC[C@@H](COC(=O)CCCCCCC/C=C\C=C/CCCCCC)OC(=O)CCCCCCC/C=C\C/C=C\CCCCC)OC(=O)CCCCCCCCCCCCCCC. The lowest BCUT2D eigenvalue weighted by Gasteiger charge is -2.21. The fraction of sp³-hybridized carbons (Fsp3) is 0.797. The molecule has 17 nitrogen and oxygen atoms in total. The van der Waals surface area contributed by atoms with Crippen LogP contribution in [-0.4, -0.2) is 96.7 Å². The van der Waals surface area contributed by atoms with Gasteiger partial charge in [0.1, 0.15) is 19.3 Å². The van der Waals surface area contributed by atoms with Crippen molar-refractivity contribution in [2.24, 2.45) is 0 Å². The van der Waals surface area contributed by atoms with Crippen molar-refractivity contribution in [1.29, 1.82) is 0 Å². The minimum Gasteiger partial charge on any atom is -0.462 e. The molecule has 0 saturated carbocycles. The molecule has 0 aromatic carbocycles. The molecule has 0 aliphatic heterocycles. The van der Waals surface area contributed by atoms with Crippen molar-refractivity contribution < 1.29 is 80.2 Å². The van der Waals surface area contributed by atoms with Crippen LogP contribution in [0.4, 0.5) is 0 Å². The summed E-state index contributed by atoms with van der Waals surface area (Å²) < 4.78 is 68.5. The van der Waals surface area contributed by atoms with Crippen molar-refractivity contribution in [3.63, 3.8) is 0 Å². The van der Waals surface area contributed by atoms with E-state index in [4.69, 9.17) is 37.0 Å². The highest BCUT2D eigenvalue weighted by molar-refractivity contribution is 7.47. The number of unbranched alkanes of at least 4 members (excludes halogenated alkanes) is 37. The van der Waals surface area contributed by atoms with Gasteiger partial charge in [-0.2, -0.15) is 0 Å². The lowest BCUT2D eigenvalue weighted by Crippen LogP contribution is -2.30. The minimum absolute atomic E-state index is 0.0778. The number of aliphatic hydroxyl groups excluding tert-OH is 1. The summed E-state index contributed by atoms with van der Waals surface area (Å²) in [5.41, 5.74) is 0. The summed E-state index contributed by atoms with van der Waals surface area (Å²) in [6.45, 7) is 4.80. The van der Waals surface area contributed by atoms with E-state index in [1.165, 1.54) is 116 Å². The Morgan fingerprint density at radius 2 is 0.531 bits per heavy atom. The van der Waals surface area contributed by atoms with Gasteiger partial charge >= 0.3 is 39.5 Å². The van der Waals surface area contributed by atoms with Gasteiger partial charge in [0.05, 0.1) is 26.4 Å². The third-order valence-corrected chi connectivity index (χ3v) is 18.6. The maximum absolute atomic E-state index is 13.1. The second-order valence-electron chi connectivity index (χ2n) is 26.3. The molecule has 0 aromatic heterocycles. The lowest BCUT2D eigenvalue weighted by atomic mass is 10.0. The van der Waals surface area contributed by atoms with Gasteiger partial charge in [-0.3, -0.25) is 37.3 Å². The monoisotopic (exact) mass is 1420 g/mol. The molecule has 5 atom stereocenters. The van der Waals surface area contributed by atoms with E-state index in [0.29, 0.717) is 25.7 Å². The van der Waals surface area contributed by atoms with E-state index in [1.807, 2.05) is 0 Å². The molecule has 19 heteroatoms. The number of aliphatic hydroxyl groups is 1. The molecular weight excluding hydrogens is 1280 g/mol. The number of ether oxygens (including phenoxy) is 4. The third-order valence-electron chi connectivity index (χ3n) is 16.7. The molecule has 3 N–H and O–H groups in total. The first kappa shape index (κ1) is 94.5. The molecule has 0 rings (SSSR count). The minimum atomic E-state index is -4.98. The largest absolute Gasteiger partial charge is 0.472 e. The maximum Gasteiger partial charge on any atom is 0.472 e. The molecular formula is C79H142O17P2. The van der Waals surface area contributed by atoms with Crippen LogP contribution in [0.15, 0.2) is 72.9 Å². The van der Waals surface area contributed by atoms with E-state index in [1.54, 1.807) is 0 Å². The molecule has 0 radical (unpaired) electrons. The summed E-state index contributed by atoms with van der Waals surface area (Å²) >= 11 is 0. The normalized spacial score (nSPS) is 14.3. The van der Waals surface area contributed by atoms with Crippen molar-refractivity contribution in [3.05, 3.63) is 72.9 Å². The van der Waals surface area contributed by atoms with Crippen molar-refractivity contribution in [1.82, 2.24) is 0 Å². The highest BCUT2D eigenvalue weighted by Gasteiger charge is 2.30. The average molecular weight is 1430 g/mol. The molecule has 2 unspecified atom stereocenters. The highest BCUT2D eigenvalue weighted by atomic mass is 31.2. The zero-order chi connectivity index (χ0) is 71.8. The van der Waals surface area contributed by atoms with Crippen LogP contribution in [0.1, 0.15) is 349 Å². The Bertz CT molecular complexity index is 2140. The number of phosphoric acid groups is 2. The summed E-state index contributed by atoms with van der Waals surface area (Å²) in [6.07, 6.45) is 71.6. The Morgan fingerprint density at radius 1 is 0.296 bits per heavy atom. The predicted molar refractivity (Wildman–Crippen MR) is 400 cm³/mol. The summed E-state index contributed by atoms with van der Waals surface area (Å²) in [4.78, 5) is 72.9.